The Hall–Kier alpha value is -0.913. The van der Waals surface area contributed by atoms with E-state index < -0.39 is 14.4 Å². The van der Waals surface area contributed by atoms with E-state index in [1.54, 1.807) is 7.05 Å². The molecule has 0 saturated heterocycles. The predicted molar refractivity (Wildman–Crippen MR) is 95.0 cm³/mol. The second-order valence-corrected chi connectivity index (χ2v) is 11.9. The van der Waals surface area contributed by atoms with Crippen molar-refractivity contribution in [3.05, 3.63) is 24.3 Å². The lowest BCUT2D eigenvalue weighted by Crippen LogP contribution is -2.48. The van der Waals surface area contributed by atoms with Gasteiger partial charge in [0.2, 0.25) is 0 Å². The monoisotopic (exact) mass is 327 g/mol. The van der Waals surface area contributed by atoms with Crippen LogP contribution in [0.15, 0.2) is 24.3 Å². The van der Waals surface area contributed by atoms with Crippen molar-refractivity contribution in [3.8, 4) is 0 Å². The molecular formula is C17H33NO3Si. The van der Waals surface area contributed by atoms with Crippen LogP contribution in [-0.4, -0.2) is 39.5 Å². The predicted octanol–water partition coefficient (Wildman–Crippen LogP) is 4.31. The zero-order valence-electron chi connectivity index (χ0n) is 15.5. The van der Waals surface area contributed by atoms with Crippen molar-refractivity contribution in [3.63, 3.8) is 0 Å². The first-order chi connectivity index (χ1) is 9.96. The van der Waals surface area contributed by atoms with Gasteiger partial charge >= 0.3 is 0 Å². The smallest absolute Gasteiger partial charge is 0.274 e. The van der Waals surface area contributed by atoms with Crippen LogP contribution in [0.5, 0.6) is 0 Å². The van der Waals surface area contributed by atoms with E-state index in [4.69, 9.17) is 9.26 Å². The summed E-state index contributed by atoms with van der Waals surface area (Å²) in [5.41, 5.74) is 1.19. The molecule has 0 aliphatic carbocycles. The minimum atomic E-state index is -2.03. The lowest BCUT2D eigenvalue weighted by atomic mass is 10.1. The first kappa shape index (κ1) is 21.1. The summed E-state index contributed by atoms with van der Waals surface area (Å²) >= 11 is 0. The van der Waals surface area contributed by atoms with E-state index in [0.717, 1.165) is 6.42 Å². The van der Waals surface area contributed by atoms with Gasteiger partial charge in [0.1, 0.15) is 6.10 Å². The van der Waals surface area contributed by atoms with E-state index in [0.29, 0.717) is 6.42 Å². The molecule has 0 aliphatic rings. The molecular weight excluding hydrogens is 294 g/mol. The summed E-state index contributed by atoms with van der Waals surface area (Å²) in [6, 6.07) is 0. The molecule has 0 aromatic heterocycles. The van der Waals surface area contributed by atoms with Crippen LogP contribution in [-0.2, 0) is 14.1 Å². The van der Waals surface area contributed by atoms with Gasteiger partial charge in [-0.05, 0) is 37.9 Å². The summed E-state index contributed by atoms with van der Waals surface area (Å²) in [7, 11) is 1.07. The number of rotatable bonds is 8. The third-order valence-corrected chi connectivity index (χ3v) is 8.74. The number of likely N-dealkylation sites (N-methyl/N-ethyl adjacent to an activating group) is 1. The van der Waals surface area contributed by atoms with E-state index in [2.05, 4.69) is 46.5 Å². The molecule has 128 valence electrons. The second kappa shape index (κ2) is 8.65. The minimum absolute atomic E-state index is 0.0526. The largest absolute Gasteiger partial charge is 0.405 e. The van der Waals surface area contributed by atoms with Gasteiger partial charge in [0, 0.05) is 7.05 Å². The van der Waals surface area contributed by atoms with Crippen molar-refractivity contribution in [2.45, 2.75) is 64.8 Å². The Balaban J connectivity index is 5.22. The molecule has 0 fully saturated rings. The number of hydroxylamine groups is 2. The summed E-state index contributed by atoms with van der Waals surface area (Å²) in [6.45, 7) is 16.6. The molecule has 0 aromatic carbocycles. The maximum atomic E-state index is 12.5. The number of hydrogen-bond acceptors (Lipinski definition) is 3. The molecule has 0 radical (unpaired) electrons. The summed E-state index contributed by atoms with van der Waals surface area (Å²) in [6.07, 6.45) is 4.78. The maximum Gasteiger partial charge on any atom is 0.274 e. The molecule has 0 heterocycles. The highest BCUT2D eigenvalue weighted by Crippen LogP contribution is 2.37. The number of nitrogens with zero attached hydrogens (tertiary/aromatic N) is 1. The quantitative estimate of drug-likeness (QED) is 0.379. The highest BCUT2D eigenvalue weighted by atomic mass is 28.4. The Kier molecular flexibility index (Phi) is 8.29. The SMILES string of the molecule is C=CCC(C)=CC[C@H](O[Si](C)(C)C(C)(C)C)C(=O)N(C)OC. The average Bonchev–Trinajstić information content (AvgIpc) is 2.40. The molecule has 4 nitrogen and oxygen atoms in total. The molecule has 1 atom stereocenters. The van der Waals surface area contributed by atoms with Crippen LogP contribution in [0.3, 0.4) is 0 Å². The van der Waals surface area contributed by atoms with Gasteiger partial charge in [-0.1, -0.05) is 38.5 Å². The van der Waals surface area contributed by atoms with Crippen molar-refractivity contribution >= 4 is 14.2 Å². The van der Waals surface area contributed by atoms with E-state index in [1.807, 2.05) is 13.0 Å². The van der Waals surface area contributed by atoms with Gasteiger partial charge in [0.15, 0.2) is 8.32 Å². The van der Waals surface area contributed by atoms with Crippen LogP contribution >= 0.6 is 0 Å². The molecule has 1 amide bonds. The zero-order valence-corrected chi connectivity index (χ0v) is 16.5. The first-order valence-corrected chi connectivity index (χ1v) is 10.6. The first-order valence-electron chi connectivity index (χ1n) is 7.72. The Morgan fingerprint density at radius 3 is 2.32 bits per heavy atom. The number of carbonyl (C=O) groups excluding carboxylic acids is 1. The molecule has 22 heavy (non-hydrogen) atoms. The molecule has 5 heteroatoms. The van der Waals surface area contributed by atoms with Gasteiger partial charge in [-0.2, -0.15) is 0 Å². The number of hydrogen-bond donors (Lipinski definition) is 0. The molecule has 0 spiro atoms. The summed E-state index contributed by atoms with van der Waals surface area (Å²) < 4.78 is 6.31. The van der Waals surface area contributed by atoms with E-state index in [9.17, 15) is 4.79 Å². The van der Waals surface area contributed by atoms with Crippen molar-refractivity contribution < 1.29 is 14.1 Å². The Labute approximate surface area is 137 Å². The topological polar surface area (TPSA) is 38.8 Å². The van der Waals surface area contributed by atoms with E-state index in [1.165, 1.54) is 17.7 Å². The van der Waals surface area contributed by atoms with Gasteiger partial charge in [-0.25, -0.2) is 5.06 Å². The fourth-order valence-corrected chi connectivity index (χ4v) is 2.91. The average molecular weight is 328 g/mol. The Morgan fingerprint density at radius 2 is 1.91 bits per heavy atom. The van der Waals surface area contributed by atoms with Crippen LogP contribution < -0.4 is 0 Å². The number of amides is 1. The van der Waals surface area contributed by atoms with Crippen LogP contribution in [0.4, 0.5) is 0 Å². The number of carbonyl (C=O) groups is 1. The Bertz CT molecular complexity index is 411. The van der Waals surface area contributed by atoms with Crippen LogP contribution in [0.2, 0.25) is 18.1 Å². The zero-order chi connectivity index (χ0) is 17.6. The van der Waals surface area contributed by atoms with Gasteiger partial charge in [-0.3, -0.25) is 9.63 Å². The molecule has 0 bridgehead atoms. The van der Waals surface area contributed by atoms with Crippen molar-refractivity contribution in [2.24, 2.45) is 0 Å². The van der Waals surface area contributed by atoms with E-state index in [-0.39, 0.29) is 10.9 Å². The van der Waals surface area contributed by atoms with Crippen LogP contribution in [0.25, 0.3) is 0 Å². The van der Waals surface area contributed by atoms with Crippen molar-refractivity contribution in [1.29, 1.82) is 0 Å². The lowest BCUT2D eigenvalue weighted by Gasteiger charge is -2.39. The van der Waals surface area contributed by atoms with Gasteiger partial charge in [0.25, 0.3) is 5.91 Å². The summed E-state index contributed by atoms with van der Waals surface area (Å²) in [5, 5.41) is 1.30. The standard InChI is InChI=1S/C17H33NO3Si/c1-10-11-14(2)12-13-15(16(19)18(6)20-7)21-22(8,9)17(3,4)5/h10,12,15H,1,11,13H2,2-9H3/t15-/m0/s1. The lowest BCUT2D eigenvalue weighted by molar-refractivity contribution is -0.176. The minimum Gasteiger partial charge on any atom is -0.405 e. The fraction of sp³-hybridized carbons (Fsp3) is 0.706. The van der Waals surface area contributed by atoms with Gasteiger partial charge in [0.05, 0.1) is 7.11 Å². The van der Waals surface area contributed by atoms with Gasteiger partial charge < -0.3 is 4.43 Å². The highest BCUT2D eigenvalue weighted by molar-refractivity contribution is 6.74. The Morgan fingerprint density at radius 1 is 1.36 bits per heavy atom. The third kappa shape index (κ3) is 6.46. The van der Waals surface area contributed by atoms with Crippen molar-refractivity contribution in [2.75, 3.05) is 14.2 Å². The fourth-order valence-electron chi connectivity index (χ4n) is 1.64. The number of allylic oxidation sites excluding steroid dienone is 2. The molecule has 0 aliphatic heterocycles. The third-order valence-electron chi connectivity index (χ3n) is 4.25. The molecule has 0 aromatic rings. The summed E-state index contributed by atoms with van der Waals surface area (Å²) in [4.78, 5) is 17.5. The molecule has 0 N–H and O–H groups in total. The van der Waals surface area contributed by atoms with Crippen molar-refractivity contribution in [1.82, 2.24) is 5.06 Å². The molecule has 0 rings (SSSR count). The molecule has 0 unspecified atom stereocenters. The van der Waals surface area contributed by atoms with Crippen LogP contribution in [0.1, 0.15) is 40.5 Å². The highest BCUT2D eigenvalue weighted by Gasteiger charge is 2.41. The summed E-state index contributed by atoms with van der Waals surface area (Å²) in [5.74, 6) is -0.144. The maximum absolute atomic E-state index is 12.5. The van der Waals surface area contributed by atoms with E-state index >= 15 is 0 Å². The molecule has 0 saturated carbocycles. The van der Waals surface area contributed by atoms with Crippen LogP contribution in [0, 0.1) is 0 Å². The van der Waals surface area contributed by atoms with Gasteiger partial charge in [-0.15, -0.1) is 6.58 Å². The second-order valence-electron chi connectivity index (χ2n) is 7.16. The normalized spacial score (nSPS) is 14.6.